The number of aromatic amines is 1. The molecule has 0 saturated carbocycles. The van der Waals surface area contributed by atoms with Gasteiger partial charge in [-0.05, 0) is 54.1 Å². The van der Waals surface area contributed by atoms with Crippen molar-refractivity contribution in [3.05, 3.63) is 105 Å². The summed E-state index contributed by atoms with van der Waals surface area (Å²) in [7, 11) is 0. The molecule has 0 bridgehead atoms. The van der Waals surface area contributed by atoms with Crippen LogP contribution in [0.5, 0.6) is 0 Å². The Morgan fingerprint density at radius 2 is 1.76 bits per heavy atom. The van der Waals surface area contributed by atoms with E-state index in [1.165, 1.54) is 12.1 Å². The number of aliphatic imine (C=N–C) groups is 1. The molecule has 190 valence electrons. The summed E-state index contributed by atoms with van der Waals surface area (Å²) in [6, 6.07) is 16.2. The highest BCUT2D eigenvalue weighted by molar-refractivity contribution is 6.31. The number of halogens is 6. The zero-order valence-electron chi connectivity index (χ0n) is 18.7. The lowest BCUT2D eigenvalue weighted by Gasteiger charge is -2.11. The maximum atomic E-state index is 13.4. The van der Waals surface area contributed by atoms with Crippen LogP contribution in [0.3, 0.4) is 0 Å². The Balaban J connectivity index is 1.57. The molecule has 1 heterocycles. The Bertz CT molecular complexity index is 1450. The van der Waals surface area contributed by atoms with Gasteiger partial charge in [0.2, 0.25) is 5.96 Å². The van der Waals surface area contributed by atoms with Crippen LogP contribution >= 0.6 is 23.2 Å². The zero-order chi connectivity index (χ0) is 26.6. The van der Waals surface area contributed by atoms with Crippen molar-refractivity contribution in [2.75, 3.05) is 5.32 Å². The van der Waals surface area contributed by atoms with Gasteiger partial charge >= 0.3 is 6.18 Å². The van der Waals surface area contributed by atoms with Gasteiger partial charge in [0.25, 0.3) is 5.91 Å². The Labute approximate surface area is 218 Å². The van der Waals surface area contributed by atoms with E-state index in [-0.39, 0.29) is 28.9 Å². The Morgan fingerprint density at radius 3 is 2.43 bits per heavy atom. The number of amides is 1. The van der Waals surface area contributed by atoms with Gasteiger partial charge in [-0.15, -0.1) is 0 Å². The molecule has 0 aliphatic carbocycles. The first-order valence-electron chi connectivity index (χ1n) is 10.6. The molecule has 1 amide bonds. The number of anilines is 1. The highest BCUT2D eigenvalue weighted by atomic mass is 35.5. The van der Waals surface area contributed by atoms with E-state index in [1.54, 1.807) is 24.3 Å². The van der Waals surface area contributed by atoms with Crippen LogP contribution in [0.1, 0.15) is 21.5 Å². The molecule has 3 aromatic carbocycles. The summed E-state index contributed by atoms with van der Waals surface area (Å²) in [5.41, 5.74) is 0.960. The summed E-state index contributed by atoms with van der Waals surface area (Å²) in [5, 5.41) is 13.1. The average molecular weight is 550 g/mol. The lowest BCUT2D eigenvalue weighted by molar-refractivity contribution is -0.137. The third-order valence-corrected chi connectivity index (χ3v) is 5.68. The summed E-state index contributed by atoms with van der Waals surface area (Å²) in [6.07, 6.45) is -4.53. The Morgan fingerprint density at radius 1 is 1.00 bits per heavy atom. The first-order chi connectivity index (χ1) is 17.6. The second-order valence-electron chi connectivity index (χ2n) is 7.73. The van der Waals surface area contributed by atoms with E-state index in [2.05, 4.69) is 25.8 Å². The number of hydrogen-bond acceptors (Lipinski definition) is 3. The number of nitrogens with zero attached hydrogens (tertiary/aromatic N) is 2. The smallest absolute Gasteiger partial charge is 0.309 e. The van der Waals surface area contributed by atoms with E-state index in [0.717, 1.165) is 35.9 Å². The van der Waals surface area contributed by atoms with Gasteiger partial charge in [0.1, 0.15) is 5.82 Å². The van der Waals surface area contributed by atoms with Gasteiger partial charge in [-0.3, -0.25) is 15.2 Å². The maximum absolute atomic E-state index is 13.4. The molecular weight excluding hydrogens is 533 g/mol. The fourth-order valence-corrected chi connectivity index (χ4v) is 3.64. The van der Waals surface area contributed by atoms with Crippen LogP contribution in [-0.4, -0.2) is 22.1 Å². The standard InChI is InChI=1S/C25H17Cl2F4N5O/c26-18-3-1-2-15(10-18)21-12-22(36-35-21)33-24(32-13-16-6-9-19(28)11-20(16)27)34-23(37)14-4-7-17(8-5-14)25(29,30)31/h1-12H,13H2,(H3,32,33,34,35,36,37). The molecule has 0 saturated heterocycles. The van der Waals surface area contributed by atoms with E-state index in [9.17, 15) is 22.4 Å². The van der Waals surface area contributed by atoms with Crippen LogP contribution in [0.2, 0.25) is 10.0 Å². The molecule has 0 spiro atoms. The van der Waals surface area contributed by atoms with E-state index in [1.807, 2.05) is 6.07 Å². The maximum Gasteiger partial charge on any atom is 0.416 e. The molecular formula is C25H17Cl2F4N5O. The fraction of sp³-hybridized carbons (Fsp3) is 0.0800. The number of carbonyl (C=O) groups excluding carboxylic acids is 1. The minimum absolute atomic E-state index is 0.0241. The molecule has 0 atom stereocenters. The second kappa shape index (κ2) is 11.0. The van der Waals surface area contributed by atoms with Gasteiger partial charge < -0.3 is 5.32 Å². The third kappa shape index (κ3) is 6.87. The lowest BCUT2D eigenvalue weighted by atomic mass is 10.1. The lowest BCUT2D eigenvalue weighted by Crippen LogP contribution is -2.36. The quantitative estimate of drug-likeness (QED) is 0.143. The highest BCUT2D eigenvalue weighted by Gasteiger charge is 2.30. The van der Waals surface area contributed by atoms with Crippen LogP contribution in [-0.2, 0) is 12.7 Å². The zero-order valence-corrected chi connectivity index (χ0v) is 20.2. The van der Waals surface area contributed by atoms with Crippen LogP contribution in [0, 0.1) is 5.82 Å². The molecule has 37 heavy (non-hydrogen) atoms. The van der Waals surface area contributed by atoms with Gasteiger partial charge in [0.05, 0.1) is 17.8 Å². The minimum atomic E-state index is -4.53. The van der Waals surface area contributed by atoms with Gasteiger partial charge in [-0.25, -0.2) is 9.38 Å². The number of carbonyl (C=O) groups is 1. The van der Waals surface area contributed by atoms with E-state index < -0.39 is 23.5 Å². The second-order valence-corrected chi connectivity index (χ2v) is 8.58. The molecule has 12 heteroatoms. The number of benzene rings is 3. The number of hydrogen-bond donors (Lipinski definition) is 3. The number of nitrogens with one attached hydrogen (secondary N) is 3. The van der Waals surface area contributed by atoms with Crippen molar-refractivity contribution in [1.29, 1.82) is 0 Å². The van der Waals surface area contributed by atoms with Gasteiger partial charge in [-0.2, -0.15) is 18.3 Å². The van der Waals surface area contributed by atoms with E-state index in [0.29, 0.717) is 16.3 Å². The molecule has 0 aliphatic rings. The fourth-order valence-electron chi connectivity index (χ4n) is 3.23. The molecule has 0 fully saturated rings. The normalized spacial score (nSPS) is 11.9. The van der Waals surface area contributed by atoms with Gasteiger partial charge in [0.15, 0.2) is 5.82 Å². The number of guanidine groups is 1. The Hall–Kier alpha value is -3.89. The third-order valence-electron chi connectivity index (χ3n) is 5.09. The van der Waals surface area contributed by atoms with Crippen molar-refractivity contribution in [1.82, 2.24) is 15.5 Å². The van der Waals surface area contributed by atoms with Crippen LogP contribution in [0.4, 0.5) is 23.4 Å². The van der Waals surface area contributed by atoms with E-state index in [4.69, 9.17) is 23.2 Å². The summed E-state index contributed by atoms with van der Waals surface area (Å²) in [6.45, 7) is -0.0414. The molecule has 3 N–H and O–H groups in total. The van der Waals surface area contributed by atoms with Gasteiger partial charge in [-0.1, -0.05) is 41.4 Å². The first kappa shape index (κ1) is 26.2. The highest BCUT2D eigenvalue weighted by Crippen LogP contribution is 2.29. The number of H-pyrrole nitrogens is 1. The molecule has 1 aromatic heterocycles. The van der Waals surface area contributed by atoms with Gasteiger partial charge in [0, 0.05) is 27.2 Å². The number of alkyl halides is 3. The van der Waals surface area contributed by atoms with Crippen molar-refractivity contribution in [2.45, 2.75) is 12.7 Å². The van der Waals surface area contributed by atoms with Crippen molar-refractivity contribution in [2.24, 2.45) is 4.99 Å². The summed E-state index contributed by atoms with van der Waals surface area (Å²) in [4.78, 5) is 17.1. The van der Waals surface area contributed by atoms with Crippen LogP contribution in [0.15, 0.2) is 77.8 Å². The average Bonchev–Trinajstić information content (AvgIpc) is 3.31. The molecule has 4 aromatic rings. The molecule has 0 unspecified atom stereocenters. The van der Waals surface area contributed by atoms with Crippen LogP contribution in [0.25, 0.3) is 11.3 Å². The van der Waals surface area contributed by atoms with Crippen molar-refractivity contribution >= 4 is 40.9 Å². The molecule has 6 nitrogen and oxygen atoms in total. The van der Waals surface area contributed by atoms with Crippen molar-refractivity contribution < 1.29 is 22.4 Å². The van der Waals surface area contributed by atoms with Crippen molar-refractivity contribution in [3.8, 4) is 11.3 Å². The molecule has 4 rings (SSSR count). The first-order valence-corrected chi connectivity index (χ1v) is 11.4. The molecule has 0 aliphatic heterocycles. The number of aromatic nitrogens is 2. The van der Waals surface area contributed by atoms with Crippen molar-refractivity contribution in [3.63, 3.8) is 0 Å². The minimum Gasteiger partial charge on any atom is -0.309 e. The predicted octanol–water partition coefficient (Wildman–Crippen LogP) is 6.94. The number of rotatable bonds is 5. The largest absolute Gasteiger partial charge is 0.416 e. The summed E-state index contributed by atoms with van der Waals surface area (Å²) >= 11 is 12.1. The monoisotopic (exact) mass is 549 g/mol. The summed E-state index contributed by atoms with van der Waals surface area (Å²) in [5.74, 6) is -1.01. The SMILES string of the molecule is O=C(NC(=NCc1ccc(F)cc1Cl)Nc1cc(-c2cccc(Cl)c2)[nH]n1)c1ccc(C(F)(F)F)cc1. The predicted molar refractivity (Wildman–Crippen MR) is 134 cm³/mol. The van der Waals surface area contributed by atoms with E-state index >= 15 is 0 Å². The molecule has 0 radical (unpaired) electrons. The van der Waals surface area contributed by atoms with Crippen LogP contribution < -0.4 is 10.6 Å². The summed E-state index contributed by atoms with van der Waals surface area (Å²) < 4.78 is 52.0. The topological polar surface area (TPSA) is 82.2 Å². The Kier molecular flexibility index (Phi) is 7.80.